The zero-order valence-corrected chi connectivity index (χ0v) is 18.0. The van der Waals surface area contributed by atoms with E-state index in [1.165, 1.54) is 23.7 Å². The Kier molecular flexibility index (Phi) is 6.73. The molecule has 1 aromatic heterocycles. The van der Waals surface area contributed by atoms with Gasteiger partial charge in [0.1, 0.15) is 17.5 Å². The Morgan fingerprint density at radius 1 is 1.23 bits per heavy atom. The van der Waals surface area contributed by atoms with Crippen LogP contribution in [0.4, 0.5) is 8.78 Å². The van der Waals surface area contributed by atoms with Crippen LogP contribution in [0, 0.1) is 6.92 Å². The molecule has 3 aromatic rings. The summed E-state index contributed by atoms with van der Waals surface area (Å²) in [6.07, 6.45) is -0.203. The largest absolute Gasteiger partial charge is 0.489 e. The first-order chi connectivity index (χ1) is 14.1. The number of alkyl halides is 2. The van der Waals surface area contributed by atoms with Gasteiger partial charge in [0.2, 0.25) is 0 Å². The second kappa shape index (κ2) is 9.10. The first-order valence-electron chi connectivity index (χ1n) is 9.22. The second-order valence-electron chi connectivity index (χ2n) is 7.04. The van der Waals surface area contributed by atoms with Crippen molar-refractivity contribution >= 4 is 29.1 Å². The fraction of sp³-hybridized carbons (Fsp3) is 0.273. The van der Waals surface area contributed by atoms with Crippen molar-refractivity contribution in [2.24, 2.45) is 0 Å². The molecular formula is C22H20ClF2NO3S. The number of ether oxygens (including phenoxy) is 1. The molecule has 3 rings (SSSR count). The van der Waals surface area contributed by atoms with Crippen molar-refractivity contribution in [2.45, 2.75) is 39.2 Å². The molecule has 4 nitrogen and oxygen atoms in total. The van der Waals surface area contributed by atoms with Gasteiger partial charge in [0, 0.05) is 24.5 Å². The highest BCUT2D eigenvalue weighted by molar-refractivity contribution is 7.10. The molecule has 30 heavy (non-hydrogen) atoms. The highest BCUT2D eigenvalue weighted by Gasteiger charge is 2.28. The molecule has 0 spiro atoms. The number of hydrogen-bond acceptors (Lipinski definition) is 4. The molecule has 0 unspecified atom stereocenters. The number of nitrogens with zero attached hydrogens (tertiary/aromatic N) is 1. The Hall–Kier alpha value is -2.51. The smallest absolute Gasteiger partial charge is 0.303 e. The molecule has 0 radical (unpaired) electrons. The molecule has 8 heteroatoms. The topological polar surface area (TPSA) is 59.4 Å². The van der Waals surface area contributed by atoms with Crippen molar-refractivity contribution in [3.05, 3.63) is 69.9 Å². The lowest BCUT2D eigenvalue weighted by Crippen LogP contribution is -2.12. The summed E-state index contributed by atoms with van der Waals surface area (Å²) in [5.74, 6) is -3.91. The number of aromatic nitrogens is 1. The van der Waals surface area contributed by atoms with Crippen molar-refractivity contribution in [1.29, 1.82) is 0 Å². The molecule has 158 valence electrons. The number of benzene rings is 2. The normalized spacial score (nSPS) is 11.5. The van der Waals surface area contributed by atoms with Crippen molar-refractivity contribution in [2.75, 3.05) is 0 Å². The summed E-state index contributed by atoms with van der Waals surface area (Å²) >= 11 is 7.49. The van der Waals surface area contributed by atoms with Crippen LogP contribution in [0.25, 0.3) is 10.4 Å². The number of carboxylic acids is 1. The molecule has 1 heterocycles. The molecule has 0 bridgehead atoms. The van der Waals surface area contributed by atoms with E-state index in [1.807, 2.05) is 31.2 Å². The van der Waals surface area contributed by atoms with E-state index in [0.717, 1.165) is 22.9 Å². The molecule has 0 saturated heterocycles. The molecule has 1 N–H and O–H groups in total. The van der Waals surface area contributed by atoms with Crippen LogP contribution in [-0.2, 0) is 23.7 Å². The minimum atomic E-state index is -3.12. The first-order valence-corrected chi connectivity index (χ1v) is 10.4. The van der Waals surface area contributed by atoms with Gasteiger partial charge in [-0.3, -0.25) is 4.79 Å². The quantitative estimate of drug-likeness (QED) is 0.425. The van der Waals surface area contributed by atoms with Gasteiger partial charge in [-0.05, 0) is 48.1 Å². The van der Waals surface area contributed by atoms with Gasteiger partial charge >= 0.3 is 5.97 Å². The third kappa shape index (κ3) is 5.34. The van der Waals surface area contributed by atoms with Crippen molar-refractivity contribution in [3.8, 4) is 16.2 Å². The van der Waals surface area contributed by atoms with Crippen LogP contribution in [0.2, 0.25) is 5.15 Å². The number of aliphatic carboxylic acids is 1. The maximum Gasteiger partial charge on any atom is 0.303 e. The number of carboxylic acid groups (broad SMARTS) is 1. The Morgan fingerprint density at radius 3 is 2.57 bits per heavy atom. The lowest BCUT2D eigenvalue weighted by atomic mass is 9.98. The van der Waals surface area contributed by atoms with Crippen molar-refractivity contribution in [1.82, 2.24) is 4.37 Å². The number of rotatable bonds is 8. The van der Waals surface area contributed by atoms with Crippen LogP contribution in [0.1, 0.15) is 35.6 Å². The third-order valence-electron chi connectivity index (χ3n) is 4.60. The van der Waals surface area contributed by atoms with E-state index < -0.39 is 11.9 Å². The average molecular weight is 452 g/mol. The van der Waals surface area contributed by atoms with Crippen LogP contribution >= 0.6 is 23.1 Å². The molecule has 0 amide bonds. The monoisotopic (exact) mass is 451 g/mol. The Bertz CT molecular complexity index is 1050. The maximum absolute atomic E-state index is 14.1. The zero-order chi connectivity index (χ0) is 21.9. The van der Waals surface area contributed by atoms with E-state index in [0.29, 0.717) is 10.7 Å². The summed E-state index contributed by atoms with van der Waals surface area (Å²) in [6.45, 7) is 2.85. The first kappa shape index (κ1) is 22.2. The predicted molar refractivity (Wildman–Crippen MR) is 114 cm³/mol. The van der Waals surface area contributed by atoms with E-state index in [9.17, 15) is 13.6 Å². The minimum Gasteiger partial charge on any atom is -0.489 e. The summed E-state index contributed by atoms with van der Waals surface area (Å²) in [6, 6.07) is 12.2. The molecule has 0 atom stereocenters. The summed E-state index contributed by atoms with van der Waals surface area (Å²) in [5.41, 5.74) is 2.81. The number of hydrogen-bond donors (Lipinski definition) is 1. The lowest BCUT2D eigenvalue weighted by molar-refractivity contribution is -0.137. The van der Waals surface area contributed by atoms with Gasteiger partial charge in [-0.15, -0.1) is 0 Å². The van der Waals surface area contributed by atoms with Crippen LogP contribution in [-0.4, -0.2) is 15.4 Å². The number of halogens is 3. The summed E-state index contributed by atoms with van der Waals surface area (Å²) in [7, 11) is 0. The minimum absolute atomic E-state index is 0.0201. The maximum atomic E-state index is 14.1. The summed E-state index contributed by atoms with van der Waals surface area (Å²) in [5, 5.41) is 9.16. The SMILES string of the molecule is Cc1ccc(-c2snc(Cl)c2COc2ccc(CCC(=O)O)c(C(C)(F)F)c2)cc1. The van der Waals surface area contributed by atoms with Gasteiger partial charge in [-0.1, -0.05) is 47.5 Å². The van der Waals surface area contributed by atoms with E-state index >= 15 is 0 Å². The van der Waals surface area contributed by atoms with Gasteiger partial charge in [-0.25, -0.2) is 8.78 Å². The van der Waals surface area contributed by atoms with Crippen LogP contribution in [0.5, 0.6) is 5.75 Å². The molecule has 0 saturated carbocycles. The Morgan fingerprint density at radius 2 is 1.93 bits per heavy atom. The van der Waals surface area contributed by atoms with E-state index in [2.05, 4.69) is 4.37 Å². The van der Waals surface area contributed by atoms with Crippen LogP contribution in [0.15, 0.2) is 42.5 Å². The summed E-state index contributed by atoms with van der Waals surface area (Å²) < 4.78 is 38.1. The van der Waals surface area contributed by atoms with E-state index in [4.69, 9.17) is 21.4 Å². The van der Waals surface area contributed by atoms with Crippen molar-refractivity contribution in [3.63, 3.8) is 0 Å². The fourth-order valence-electron chi connectivity index (χ4n) is 3.02. The van der Waals surface area contributed by atoms with E-state index in [1.54, 1.807) is 6.07 Å². The van der Waals surface area contributed by atoms with Gasteiger partial charge in [0.25, 0.3) is 5.92 Å². The molecule has 0 aliphatic heterocycles. The predicted octanol–water partition coefficient (Wildman–Crippen LogP) is 6.48. The van der Waals surface area contributed by atoms with E-state index in [-0.39, 0.29) is 36.3 Å². The van der Waals surface area contributed by atoms with Crippen LogP contribution < -0.4 is 4.74 Å². The van der Waals surface area contributed by atoms with Gasteiger partial charge in [0.15, 0.2) is 0 Å². The number of carbonyl (C=O) groups is 1. The fourth-order valence-corrected chi connectivity index (χ4v) is 4.11. The summed E-state index contributed by atoms with van der Waals surface area (Å²) in [4.78, 5) is 11.7. The van der Waals surface area contributed by atoms with Gasteiger partial charge in [-0.2, -0.15) is 4.37 Å². The van der Waals surface area contributed by atoms with Crippen LogP contribution in [0.3, 0.4) is 0 Å². The standard InChI is InChI=1S/C22H20ClF2NO3S/c1-13-3-5-15(6-4-13)20-17(21(23)26-30-20)12-29-16-9-7-14(8-10-19(27)28)18(11-16)22(2,24)25/h3-7,9,11H,8,10,12H2,1-2H3,(H,27,28). The molecule has 0 fully saturated rings. The molecule has 0 aliphatic carbocycles. The van der Waals surface area contributed by atoms with Gasteiger partial charge < -0.3 is 9.84 Å². The third-order valence-corrected chi connectivity index (χ3v) is 5.95. The number of aryl methyl sites for hydroxylation is 2. The highest BCUT2D eigenvalue weighted by atomic mass is 35.5. The van der Waals surface area contributed by atoms with Crippen molar-refractivity contribution < 1.29 is 23.4 Å². The molecule has 2 aromatic carbocycles. The Balaban J connectivity index is 1.83. The lowest BCUT2D eigenvalue weighted by Gasteiger charge is -2.17. The molecular weight excluding hydrogens is 432 g/mol. The second-order valence-corrected chi connectivity index (χ2v) is 8.17. The highest BCUT2D eigenvalue weighted by Crippen LogP contribution is 2.36. The molecule has 0 aliphatic rings. The zero-order valence-electron chi connectivity index (χ0n) is 16.4. The van der Waals surface area contributed by atoms with Gasteiger partial charge in [0.05, 0.1) is 4.88 Å². The average Bonchev–Trinajstić information content (AvgIpc) is 3.05. The Labute approximate surface area is 182 Å².